The number of sulfonamides is 1. The summed E-state index contributed by atoms with van der Waals surface area (Å²) in [5.41, 5.74) is 6.44. The van der Waals surface area contributed by atoms with Crippen LogP contribution in [0, 0.1) is 20.8 Å². The number of ether oxygens (including phenoxy) is 1. The second kappa shape index (κ2) is 10.5. The average Bonchev–Trinajstić information content (AvgIpc) is 3.18. The van der Waals surface area contributed by atoms with E-state index in [0.29, 0.717) is 4.31 Å². The minimum absolute atomic E-state index is 0.0489. The standard InChI is InChI=1S/C28H29N3O5S/c1-19-8-14-26(15-9-19)37(34,35)30(28(32)33)17-16-22-10-12-24(13-11-22)31-21(3)27(20(2)29-31)23-6-5-7-25(18-23)36-4/h5-15,18H,16-17H2,1-4H3,(H,32,33). The van der Waals surface area contributed by atoms with Crippen molar-refractivity contribution in [2.75, 3.05) is 13.7 Å². The van der Waals surface area contributed by atoms with Gasteiger partial charge in [0.05, 0.1) is 23.4 Å². The summed E-state index contributed by atoms with van der Waals surface area (Å²) >= 11 is 0. The molecule has 8 nitrogen and oxygen atoms in total. The molecule has 4 aromatic rings. The summed E-state index contributed by atoms with van der Waals surface area (Å²) in [7, 11) is -2.53. The van der Waals surface area contributed by atoms with Crippen molar-refractivity contribution in [3.63, 3.8) is 0 Å². The largest absolute Gasteiger partial charge is 0.497 e. The van der Waals surface area contributed by atoms with Crippen LogP contribution in [0.3, 0.4) is 0 Å². The van der Waals surface area contributed by atoms with Gasteiger partial charge in [-0.3, -0.25) is 0 Å². The lowest BCUT2D eigenvalue weighted by molar-refractivity contribution is 0.172. The van der Waals surface area contributed by atoms with Crippen LogP contribution in [0.1, 0.15) is 22.5 Å². The van der Waals surface area contributed by atoms with Crippen LogP contribution in [-0.4, -0.2) is 47.4 Å². The fourth-order valence-corrected chi connectivity index (χ4v) is 5.55. The van der Waals surface area contributed by atoms with Crippen molar-refractivity contribution in [1.82, 2.24) is 14.1 Å². The van der Waals surface area contributed by atoms with Crippen LogP contribution in [0.4, 0.5) is 4.79 Å². The summed E-state index contributed by atoms with van der Waals surface area (Å²) < 4.78 is 33.5. The van der Waals surface area contributed by atoms with Gasteiger partial charge in [-0.25, -0.2) is 22.2 Å². The van der Waals surface area contributed by atoms with Gasteiger partial charge in [0, 0.05) is 17.8 Å². The quantitative estimate of drug-likeness (QED) is 0.335. The summed E-state index contributed by atoms with van der Waals surface area (Å²) in [6, 6.07) is 21.5. The van der Waals surface area contributed by atoms with Gasteiger partial charge in [-0.05, 0) is 74.7 Å². The smallest absolute Gasteiger partial charge is 0.421 e. The molecule has 0 spiro atoms. The molecule has 0 aliphatic carbocycles. The zero-order valence-corrected chi connectivity index (χ0v) is 22.0. The van der Waals surface area contributed by atoms with Gasteiger partial charge in [-0.15, -0.1) is 0 Å². The van der Waals surface area contributed by atoms with E-state index in [2.05, 4.69) is 0 Å². The number of aromatic nitrogens is 2. The second-order valence-electron chi connectivity index (χ2n) is 8.78. The van der Waals surface area contributed by atoms with E-state index in [0.717, 1.165) is 45.1 Å². The van der Waals surface area contributed by atoms with Gasteiger partial charge in [-0.1, -0.05) is 42.0 Å². The number of hydrogen-bond donors (Lipinski definition) is 1. The first-order chi connectivity index (χ1) is 17.6. The highest BCUT2D eigenvalue weighted by molar-refractivity contribution is 7.89. The molecule has 0 atom stereocenters. The van der Waals surface area contributed by atoms with Crippen molar-refractivity contribution in [3.8, 4) is 22.6 Å². The molecule has 1 heterocycles. The fraction of sp³-hybridized carbons (Fsp3) is 0.214. The van der Waals surface area contributed by atoms with Gasteiger partial charge in [0.2, 0.25) is 0 Å². The first-order valence-corrected chi connectivity index (χ1v) is 13.2. The number of carbonyl (C=O) groups is 1. The maximum absolute atomic E-state index is 12.9. The van der Waals surface area contributed by atoms with Crippen LogP contribution < -0.4 is 4.74 Å². The molecule has 37 heavy (non-hydrogen) atoms. The van der Waals surface area contributed by atoms with Crippen LogP contribution in [-0.2, 0) is 16.4 Å². The molecule has 0 saturated heterocycles. The minimum Gasteiger partial charge on any atom is -0.497 e. The zero-order valence-electron chi connectivity index (χ0n) is 21.2. The van der Waals surface area contributed by atoms with Crippen LogP contribution in [0.2, 0.25) is 0 Å². The van der Waals surface area contributed by atoms with E-state index in [4.69, 9.17) is 9.84 Å². The Morgan fingerprint density at radius 2 is 1.68 bits per heavy atom. The van der Waals surface area contributed by atoms with E-state index >= 15 is 0 Å². The van der Waals surface area contributed by atoms with E-state index in [-0.39, 0.29) is 17.9 Å². The molecule has 0 fully saturated rings. The third kappa shape index (κ3) is 5.36. The molecule has 1 N–H and O–H groups in total. The average molecular weight is 520 g/mol. The molecule has 0 aliphatic heterocycles. The van der Waals surface area contributed by atoms with Crippen LogP contribution in [0.5, 0.6) is 5.75 Å². The maximum Gasteiger partial charge on any atom is 0.421 e. The van der Waals surface area contributed by atoms with E-state index < -0.39 is 16.1 Å². The number of rotatable bonds is 8. The number of benzene rings is 3. The molecular weight excluding hydrogens is 490 g/mol. The lowest BCUT2D eigenvalue weighted by atomic mass is 10.0. The number of methoxy groups -OCH3 is 1. The Hall–Kier alpha value is -4.11. The molecule has 0 bridgehead atoms. The Balaban J connectivity index is 1.54. The molecule has 1 amide bonds. The van der Waals surface area contributed by atoms with E-state index in [9.17, 15) is 18.3 Å². The number of nitrogens with zero attached hydrogens (tertiary/aromatic N) is 3. The van der Waals surface area contributed by atoms with Gasteiger partial charge in [0.15, 0.2) is 0 Å². The van der Waals surface area contributed by atoms with Gasteiger partial charge in [-0.2, -0.15) is 5.10 Å². The first-order valence-electron chi connectivity index (χ1n) is 11.7. The Bertz CT molecular complexity index is 1530. The summed E-state index contributed by atoms with van der Waals surface area (Å²) in [6.07, 6.45) is -1.27. The Kier molecular flexibility index (Phi) is 7.35. The lowest BCUT2D eigenvalue weighted by Gasteiger charge is -2.19. The van der Waals surface area contributed by atoms with E-state index in [1.807, 2.05) is 74.0 Å². The third-order valence-corrected chi connectivity index (χ3v) is 8.04. The number of amides is 1. The van der Waals surface area contributed by atoms with Crippen LogP contribution in [0.25, 0.3) is 16.8 Å². The summed E-state index contributed by atoms with van der Waals surface area (Å²) in [5, 5.41) is 14.3. The molecule has 9 heteroatoms. The normalized spacial score (nSPS) is 11.4. The highest BCUT2D eigenvalue weighted by atomic mass is 32.2. The Labute approximate surface area is 216 Å². The molecule has 0 saturated carbocycles. The van der Waals surface area contributed by atoms with Crippen LogP contribution >= 0.6 is 0 Å². The Morgan fingerprint density at radius 3 is 2.30 bits per heavy atom. The monoisotopic (exact) mass is 519 g/mol. The lowest BCUT2D eigenvalue weighted by Crippen LogP contribution is -2.37. The van der Waals surface area contributed by atoms with Gasteiger partial charge < -0.3 is 9.84 Å². The van der Waals surface area contributed by atoms with Crippen molar-refractivity contribution in [1.29, 1.82) is 0 Å². The van der Waals surface area contributed by atoms with Crippen LogP contribution in [0.15, 0.2) is 77.7 Å². The zero-order chi connectivity index (χ0) is 26.7. The fourth-order valence-electron chi connectivity index (χ4n) is 4.28. The molecule has 3 aromatic carbocycles. The maximum atomic E-state index is 12.9. The topological polar surface area (TPSA) is 102 Å². The Morgan fingerprint density at radius 1 is 1.00 bits per heavy atom. The SMILES string of the molecule is COc1cccc(-c2c(C)nn(-c3ccc(CCN(C(=O)O)S(=O)(=O)c4ccc(C)cc4)cc3)c2C)c1. The van der Waals surface area contributed by atoms with Crippen molar-refractivity contribution < 1.29 is 23.1 Å². The summed E-state index contributed by atoms with van der Waals surface area (Å²) in [6.45, 7) is 5.61. The number of hydrogen-bond acceptors (Lipinski definition) is 5. The summed E-state index contributed by atoms with van der Waals surface area (Å²) in [4.78, 5) is 11.8. The van der Waals surface area contributed by atoms with E-state index in [1.165, 1.54) is 12.1 Å². The molecular formula is C28H29N3O5S. The predicted molar refractivity (Wildman–Crippen MR) is 142 cm³/mol. The van der Waals surface area contributed by atoms with Gasteiger partial charge >= 0.3 is 6.09 Å². The van der Waals surface area contributed by atoms with Crippen molar-refractivity contribution >= 4 is 16.1 Å². The molecule has 0 unspecified atom stereocenters. The van der Waals surface area contributed by atoms with Crippen molar-refractivity contribution in [2.24, 2.45) is 0 Å². The second-order valence-corrected chi connectivity index (χ2v) is 10.6. The van der Waals surface area contributed by atoms with Gasteiger partial charge in [0.1, 0.15) is 5.75 Å². The first kappa shape index (κ1) is 26.0. The van der Waals surface area contributed by atoms with E-state index in [1.54, 1.807) is 19.2 Å². The molecule has 4 rings (SSSR count). The predicted octanol–water partition coefficient (Wildman–Crippen LogP) is 5.38. The molecule has 192 valence electrons. The highest BCUT2D eigenvalue weighted by Crippen LogP contribution is 2.31. The highest BCUT2D eigenvalue weighted by Gasteiger charge is 2.28. The van der Waals surface area contributed by atoms with Crippen molar-refractivity contribution in [3.05, 3.63) is 95.3 Å². The molecule has 0 aliphatic rings. The molecule has 1 aromatic heterocycles. The molecule has 0 radical (unpaired) electrons. The number of carboxylic acid groups (broad SMARTS) is 1. The van der Waals surface area contributed by atoms with Gasteiger partial charge in [0.25, 0.3) is 10.0 Å². The number of aryl methyl sites for hydroxylation is 2. The summed E-state index contributed by atoms with van der Waals surface area (Å²) in [5.74, 6) is 0.771. The third-order valence-electron chi connectivity index (χ3n) is 6.26. The minimum atomic E-state index is -4.17. The van der Waals surface area contributed by atoms with Crippen molar-refractivity contribution in [2.45, 2.75) is 32.1 Å².